The SMILES string of the molecule is CCOc1ccc(CCNC(=NC)NCc2ccc(C(N)=O)cc2)cc1OCC. The van der Waals surface area contributed by atoms with Crippen LogP contribution < -0.4 is 25.8 Å². The smallest absolute Gasteiger partial charge is 0.248 e. The van der Waals surface area contributed by atoms with Crippen LogP contribution in [0.1, 0.15) is 35.3 Å². The first kappa shape index (κ1) is 22.1. The van der Waals surface area contributed by atoms with Crippen LogP contribution >= 0.6 is 0 Å². The van der Waals surface area contributed by atoms with Crippen molar-refractivity contribution >= 4 is 11.9 Å². The van der Waals surface area contributed by atoms with Crippen molar-refractivity contribution in [3.05, 3.63) is 59.2 Å². The normalized spacial score (nSPS) is 11.1. The average Bonchev–Trinajstić information content (AvgIpc) is 2.73. The lowest BCUT2D eigenvalue weighted by molar-refractivity contribution is 0.100. The van der Waals surface area contributed by atoms with E-state index in [9.17, 15) is 4.79 Å². The lowest BCUT2D eigenvalue weighted by atomic mass is 10.1. The lowest BCUT2D eigenvalue weighted by Gasteiger charge is -2.14. The van der Waals surface area contributed by atoms with Crippen molar-refractivity contribution in [2.75, 3.05) is 26.8 Å². The second-order valence-electron chi connectivity index (χ2n) is 6.31. The van der Waals surface area contributed by atoms with E-state index in [1.807, 2.05) is 44.2 Å². The van der Waals surface area contributed by atoms with E-state index in [2.05, 4.69) is 15.6 Å². The first-order chi connectivity index (χ1) is 14.1. The summed E-state index contributed by atoms with van der Waals surface area (Å²) in [5, 5.41) is 6.56. The second-order valence-corrected chi connectivity index (χ2v) is 6.31. The average molecular weight is 399 g/mol. The number of carbonyl (C=O) groups excluding carboxylic acids is 1. The molecule has 29 heavy (non-hydrogen) atoms. The van der Waals surface area contributed by atoms with Crippen LogP contribution in [0.4, 0.5) is 0 Å². The Morgan fingerprint density at radius 1 is 0.966 bits per heavy atom. The van der Waals surface area contributed by atoms with Gasteiger partial charge in [0.15, 0.2) is 17.5 Å². The quantitative estimate of drug-likeness (QED) is 0.422. The highest BCUT2D eigenvalue weighted by molar-refractivity contribution is 5.92. The van der Waals surface area contributed by atoms with E-state index >= 15 is 0 Å². The molecule has 0 heterocycles. The molecule has 0 fully saturated rings. The number of ether oxygens (including phenoxy) is 2. The van der Waals surface area contributed by atoms with Crippen molar-refractivity contribution in [1.82, 2.24) is 10.6 Å². The number of amides is 1. The van der Waals surface area contributed by atoms with E-state index in [-0.39, 0.29) is 0 Å². The minimum absolute atomic E-state index is 0.427. The minimum atomic E-state index is -0.427. The van der Waals surface area contributed by atoms with Gasteiger partial charge < -0.3 is 25.8 Å². The van der Waals surface area contributed by atoms with Crippen LogP contribution in [0.3, 0.4) is 0 Å². The zero-order chi connectivity index (χ0) is 21.1. The summed E-state index contributed by atoms with van der Waals surface area (Å²) in [6.07, 6.45) is 0.820. The highest BCUT2D eigenvalue weighted by Crippen LogP contribution is 2.28. The monoisotopic (exact) mass is 398 g/mol. The van der Waals surface area contributed by atoms with Gasteiger partial charge in [-0.25, -0.2) is 0 Å². The van der Waals surface area contributed by atoms with E-state index in [1.165, 1.54) is 0 Å². The van der Waals surface area contributed by atoms with Crippen LogP contribution in [-0.2, 0) is 13.0 Å². The number of nitrogens with two attached hydrogens (primary N) is 1. The molecule has 2 aromatic rings. The van der Waals surface area contributed by atoms with Crippen molar-refractivity contribution in [2.45, 2.75) is 26.8 Å². The third kappa shape index (κ3) is 7.03. The number of guanidine groups is 1. The third-order valence-corrected chi connectivity index (χ3v) is 4.24. The number of benzene rings is 2. The van der Waals surface area contributed by atoms with Crippen molar-refractivity contribution in [3.8, 4) is 11.5 Å². The maximum absolute atomic E-state index is 11.1. The first-order valence-electron chi connectivity index (χ1n) is 9.79. The van der Waals surface area contributed by atoms with Crippen molar-refractivity contribution < 1.29 is 14.3 Å². The number of rotatable bonds is 10. The number of hydrogen-bond acceptors (Lipinski definition) is 4. The summed E-state index contributed by atoms with van der Waals surface area (Å²) in [7, 11) is 1.73. The fraction of sp³-hybridized carbons (Fsp3) is 0.364. The van der Waals surface area contributed by atoms with Gasteiger partial charge in [0.1, 0.15) is 0 Å². The third-order valence-electron chi connectivity index (χ3n) is 4.24. The molecule has 0 unspecified atom stereocenters. The molecule has 7 nitrogen and oxygen atoms in total. The number of nitrogens with zero attached hydrogens (tertiary/aromatic N) is 1. The second kappa shape index (κ2) is 11.6. The zero-order valence-electron chi connectivity index (χ0n) is 17.3. The van der Waals surface area contributed by atoms with Gasteiger partial charge in [-0.1, -0.05) is 18.2 Å². The Labute approximate surface area is 172 Å². The Kier molecular flexibility index (Phi) is 8.82. The van der Waals surface area contributed by atoms with E-state index in [1.54, 1.807) is 19.2 Å². The molecule has 0 aliphatic rings. The number of nitrogens with one attached hydrogen (secondary N) is 2. The summed E-state index contributed by atoms with van der Waals surface area (Å²) < 4.78 is 11.3. The standard InChI is InChI=1S/C22H30N4O3/c1-4-28-19-11-8-16(14-20(19)29-5-2)12-13-25-22(24-3)26-15-17-6-9-18(10-7-17)21(23)27/h6-11,14H,4-5,12-13,15H2,1-3H3,(H2,23,27)(H2,24,25,26). The summed E-state index contributed by atoms with van der Waals surface area (Å²) in [6.45, 7) is 6.43. The summed E-state index contributed by atoms with van der Waals surface area (Å²) in [4.78, 5) is 15.4. The van der Waals surface area contributed by atoms with Gasteiger partial charge in [0.2, 0.25) is 5.91 Å². The Bertz CT molecular complexity index is 819. The molecule has 0 saturated heterocycles. The molecule has 0 aliphatic carbocycles. The first-order valence-corrected chi connectivity index (χ1v) is 9.79. The molecule has 0 bridgehead atoms. The summed E-state index contributed by atoms with van der Waals surface area (Å²) >= 11 is 0. The van der Waals surface area contributed by atoms with Crippen molar-refractivity contribution in [1.29, 1.82) is 0 Å². The molecule has 156 valence electrons. The van der Waals surface area contributed by atoms with Crippen LogP contribution in [-0.4, -0.2) is 38.7 Å². The molecule has 0 aliphatic heterocycles. The molecule has 4 N–H and O–H groups in total. The number of hydrogen-bond donors (Lipinski definition) is 3. The highest BCUT2D eigenvalue weighted by Gasteiger charge is 2.07. The molecule has 0 saturated carbocycles. The Hall–Kier alpha value is -3.22. The molecule has 2 aromatic carbocycles. The molecular formula is C22H30N4O3. The number of primary amides is 1. The van der Waals surface area contributed by atoms with Crippen LogP contribution in [0, 0.1) is 0 Å². The largest absolute Gasteiger partial charge is 0.490 e. The zero-order valence-corrected chi connectivity index (χ0v) is 17.3. The van der Waals surface area contributed by atoms with Crippen molar-refractivity contribution in [3.63, 3.8) is 0 Å². The van der Waals surface area contributed by atoms with Gasteiger partial charge in [-0.3, -0.25) is 9.79 Å². The fourth-order valence-electron chi connectivity index (χ4n) is 2.77. The van der Waals surface area contributed by atoms with Gasteiger partial charge in [0.05, 0.1) is 13.2 Å². The summed E-state index contributed by atoms with van der Waals surface area (Å²) in [5.41, 5.74) is 7.95. The Morgan fingerprint density at radius 3 is 2.24 bits per heavy atom. The van der Waals surface area contributed by atoms with Gasteiger partial charge >= 0.3 is 0 Å². The maximum atomic E-state index is 11.1. The molecular weight excluding hydrogens is 368 g/mol. The van der Waals surface area contributed by atoms with Crippen molar-refractivity contribution in [2.24, 2.45) is 10.7 Å². The van der Waals surface area contributed by atoms with E-state index < -0.39 is 5.91 Å². The molecule has 0 radical (unpaired) electrons. The predicted octanol–water partition coefficient (Wildman–Crippen LogP) is 2.49. The molecule has 0 spiro atoms. The van der Waals surface area contributed by atoms with E-state index in [4.69, 9.17) is 15.2 Å². The van der Waals surface area contributed by atoms with E-state index in [0.717, 1.165) is 35.6 Å². The van der Waals surface area contributed by atoms with Crippen LogP contribution in [0.5, 0.6) is 11.5 Å². The number of carbonyl (C=O) groups is 1. The van der Waals surface area contributed by atoms with Crippen LogP contribution in [0.25, 0.3) is 0 Å². The Balaban J connectivity index is 1.84. The predicted molar refractivity (Wildman–Crippen MR) is 116 cm³/mol. The molecule has 2 rings (SSSR count). The van der Waals surface area contributed by atoms with Crippen LogP contribution in [0.2, 0.25) is 0 Å². The van der Waals surface area contributed by atoms with E-state index in [0.29, 0.717) is 31.3 Å². The number of aliphatic imine (C=N–C) groups is 1. The molecule has 1 amide bonds. The van der Waals surface area contributed by atoms with Gasteiger partial charge in [-0.15, -0.1) is 0 Å². The molecule has 7 heteroatoms. The van der Waals surface area contributed by atoms with Crippen LogP contribution in [0.15, 0.2) is 47.5 Å². The maximum Gasteiger partial charge on any atom is 0.248 e. The van der Waals surface area contributed by atoms with Gasteiger partial charge in [0.25, 0.3) is 0 Å². The van der Waals surface area contributed by atoms with Gasteiger partial charge in [0, 0.05) is 25.7 Å². The van der Waals surface area contributed by atoms with Gasteiger partial charge in [-0.2, -0.15) is 0 Å². The summed E-state index contributed by atoms with van der Waals surface area (Å²) in [5.74, 6) is 1.82. The minimum Gasteiger partial charge on any atom is -0.490 e. The Morgan fingerprint density at radius 2 is 1.62 bits per heavy atom. The highest BCUT2D eigenvalue weighted by atomic mass is 16.5. The topological polar surface area (TPSA) is 98.0 Å². The lowest BCUT2D eigenvalue weighted by Crippen LogP contribution is -2.37. The van der Waals surface area contributed by atoms with Gasteiger partial charge in [-0.05, 0) is 55.7 Å². The molecule has 0 atom stereocenters. The fourth-order valence-corrected chi connectivity index (χ4v) is 2.77. The summed E-state index contributed by atoms with van der Waals surface area (Å²) in [6, 6.07) is 13.2. The molecule has 0 aromatic heterocycles.